The average Bonchev–Trinajstić information content (AvgIpc) is 2.32. The van der Waals surface area contributed by atoms with Gasteiger partial charge in [0.25, 0.3) is 0 Å². The highest BCUT2D eigenvalue weighted by Gasteiger charge is 2.44. The fourth-order valence-corrected chi connectivity index (χ4v) is 1.54. The predicted molar refractivity (Wildman–Crippen MR) is 38.7 cm³/mol. The Morgan fingerprint density at radius 2 is 1.92 bits per heavy atom. The minimum absolute atomic E-state index is 0.459. The van der Waals surface area contributed by atoms with Crippen LogP contribution in [0.5, 0.6) is 0 Å². The van der Waals surface area contributed by atoms with Crippen molar-refractivity contribution in [3.8, 4) is 0 Å². The topological polar surface area (TPSA) is 26.3 Å². The highest BCUT2D eigenvalue weighted by atomic mass is 19.3. The summed E-state index contributed by atoms with van der Waals surface area (Å²) in [5, 5.41) is 0. The Balaban J connectivity index is 2.50. The van der Waals surface area contributed by atoms with E-state index in [1.165, 1.54) is 0 Å². The third-order valence-electron chi connectivity index (χ3n) is 2.11. The highest BCUT2D eigenvalue weighted by molar-refractivity contribution is 5.66. The second-order valence-corrected chi connectivity index (χ2v) is 3.14. The zero-order valence-corrected chi connectivity index (χ0v) is 6.98. The van der Waals surface area contributed by atoms with Crippen LogP contribution in [0.15, 0.2) is 0 Å². The van der Waals surface area contributed by atoms with Crippen LogP contribution in [0.2, 0.25) is 0 Å². The monoisotopic (exact) mass is 178 g/mol. The fourth-order valence-electron chi connectivity index (χ4n) is 1.54. The smallest absolute Gasteiger partial charge is 0.401 e. The Morgan fingerprint density at radius 3 is 2.33 bits per heavy atom. The van der Waals surface area contributed by atoms with Gasteiger partial charge in [-0.2, -0.15) is 8.78 Å². The normalized spacial score (nSPS) is 19.6. The van der Waals surface area contributed by atoms with Gasteiger partial charge >= 0.3 is 12.1 Å². The van der Waals surface area contributed by atoms with E-state index in [1.54, 1.807) is 0 Å². The first-order chi connectivity index (χ1) is 5.52. The standard InChI is InChI=1S/C8H12F2O2/c1-6(11)12-8(9,10)7-4-2-3-5-7/h7H,2-5H2,1H3. The first kappa shape index (κ1) is 9.42. The van der Waals surface area contributed by atoms with Gasteiger partial charge < -0.3 is 4.74 Å². The van der Waals surface area contributed by atoms with Crippen LogP contribution in [0, 0.1) is 5.92 Å². The number of carbonyl (C=O) groups excluding carboxylic acids is 1. The minimum atomic E-state index is -3.25. The summed E-state index contributed by atoms with van der Waals surface area (Å²) >= 11 is 0. The van der Waals surface area contributed by atoms with Gasteiger partial charge in [0.1, 0.15) is 0 Å². The molecule has 1 rings (SSSR count). The van der Waals surface area contributed by atoms with Crippen LogP contribution in [-0.2, 0) is 9.53 Å². The van der Waals surface area contributed by atoms with Gasteiger partial charge in [0.15, 0.2) is 0 Å². The molecule has 0 aromatic heterocycles. The lowest BCUT2D eigenvalue weighted by molar-refractivity contribution is -0.256. The molecule has 70 valence electrons. The summed E-state index contributed by atoms with van der Waals surface area (Å²) < 4.78 is 29.8. The van der Waals surface area contributed by atoms with Gasteiger partial charge in [-0.15, -0.1) is 0 Å². The van der Waals surface area contributed by atoms with Crippen molar-refractivity contribution in [3.05, 3.63) is 0 Å². The van der Waals surface area contributed by atoms with Crippen molar-refractivity contribution in [1.29, 1.82) is 0 Å². The Bertz CT molecular complexity index is 174. The van der Waals surface area contributed by atoms with Gasteiger partial charge in [0.05, 0.1) is 5.92 Å². The van der Waals surface area contributed by atoms with E-state index in [1.807, 2.05) is 0 Å². The number of esters is 1. The van der Waals surface area contributed by atoms with Gasteiger partial charge in [0.2, 0.25) is 0 Å². The lowest BCUT2D eigenvalue weighted by atomic mass is 10.1. The molecule has 0 unspecified atom stereocenters. The zero-order valence-electron chi connectivity index (χ0n) is 6.98. The second-order valence-electron chi connectivity index (χ2n) is 3.14. The molecular weight excluding hydrogens is 166 g/mol. The highest BCUT2D eigenvalue weighted by Crippen LogP contribution is 2.38. The SMILES string of the molecule is CC(=O)OC(F)(F)C1CCCC1. The summed E-state index contributed by atoms with van der Waals surface area (Å²) in [5.41, 5.74) is 0. The third kappa shape index (κ3) is 2.16. The molecule has 1 aliphatic carbocycles. The van der Waals surface area contributed by atoms with Crippen LogP contribution in [0.4, 0.5) is 8.78 Å². The first-order valence-corrected chi connectivity index (χ1v) is 4.10. The van der Waals surface area contributed by atoms with Crippen molar-refractivity contribution in [3.63, 3.8) is 0 Å². The number of rotatable bonds is 2. The quantitative estimate of drug-likeness (QED) is 0.606. The van der Waals surface area contributed by atoms with Crippen molar-refractivity contribution in [2.75, 3.05) is 0 Å². The van der Waals surface area contributed by atoms with Crippen molar-refractivity contribution >= 4 is 5.97 Å². The van der Waals surface area contributed by atoms with E-state index in [2.05, 4.69) is 4.74 Å². The molecule has 1 fully saturated rings. The number of alkyl halides is 2. The average molecular weight is 178 g/mol. The molecule has 1 aliphatic rings. The van der Waals surface area contributed by atoms with E-state index < -0.39 is 18.0 Å². The van der Waals surface area contributed by atoms with Crippen molar-refractivity contribution in [2.45, 2.75) is 38.7 Å². The molecule has 0 radical (unpaired) electrons. The molecular formula is C8H12F2O2. The molecule has 0 N–H and O–H groups in total. The number of ether oxygens (including phenoxy) is 1. The summed E-state index contributed by atoms with van der Waals surface area (Å²) in [7, 11) is 0. The van der Waals surface area contributed by atoms with Gasteiger partial charge in [-0.1, -0.05) is 12.8 Å². The molecule has 4 heteroatoms. The zero-order chi connectivity index (χ0) is 9.19. The van der Waals surface area contributed by atoms with Crippen molar-refractivity contribution in [1.82, 2.24) is 0 Å². The molecule has 0 heterocycles. The molecule has 12 heavy (non-hydrogen) atoms. The van der Waals surface area contributed by atoms with Crippen LogP contribution in [0.25, 0.3) is 0 Å². The first-order valence-electron chi connectivity index (χ1n) is 4.10. The van der Waals surface area contributed by atoms with E-state index >= 15 is 0 Å². The van der Waals surface area contributed by atoms with Gasteiger partial charge in [-0.25, -0.2) is 0 Å². The van der Waals surface area contributed by atoms with Gasteiger partial charge in [-0.05, 0) is 12.8 Å². The second kappa shape index (κ2) is 3.37. The fraction of sp³-hybridized carbons (Fsp3) is 0.875. The largest absolute Gasteiger partial charge is 0.402 e. The molecule has 0 aromatic rings. The van der Waals surface area contributed by atoms with Crippen LogP contribution in [0.3, 0.4) is 0 Å². The summed E-state index contributed by atoms with van der Waals surface area (Å²) in [6, 6.07) is 0. The van der Waals surface area contributed by atoms with Crippen LogP contribution in [-0.4, -0.2) is 12.1 Å². The maximum atomic E-state index is 12.9. The number of hydrogen-bond donors (Lipinski definition) is 0. The Hall–Kier alpha value is -0.670. The van der Waals surface area contributed by atoms with Crippen molar-refractivity contribution < 1.29 is 18.3 Å². The summed E-state index contributed by atoms with van der Waals surface area (Å²) in [6.45, 7) is 1.00. The number of halogens is 2. The molecule has 0 aromatic carbocycles. The molecule has 0 amide bonds. The van der Waals surface area contributed by atoms with Crippen LogP contribution in [0.1, 0.15) is 32.6 Å². The summed E-state index contributed by atoms with van der Waals surface area (Å²) in [6.07, 6.45) is -0.716. The third-order valence-corrected chi connectivity index (χ3v) is 2.11. The Morgan fingerprint density at radius 1 is 1.42 bits per heavy atom. The van der Waals surface area contributed by atoms with Crippen molar-refractivity contribution in [2.24, 2.45) is 5.92 Å². The maximum absolute atomic E-state index is 12.9. The molecule has 1 saturated carbocycles. The molecule has 0 aliphatic heterocycles. The van der Waals surface area contributed by atoms with Crippen LogP contribution < -0.4 is 0 Å². The lowest BCUT2D eigenvalue weighted by Gasteiger charge is -2.21. The molecule has 0 atom stereocenters. The Labute approximate surface area is 69.9 Å². The van der Waals surface area contributed by atoms with E-state index in [9.17, 15) is 13.6 Å². The predicted octanol–water partition coefficient (Wildman–Crippen LogP) is 2.33. The van der Waals surface area contributed by atoms with Crippen LogP contribution >= 0.6 is 0 Å². The van der Waals surface area contributed by atoms with E-state index in [0.29, 0.717) is 12.8 Å². The molecule has 0 saturated heterocycles. The van der Waals surface area contributed by atoms with E-state index in [-0.39, 0.29) is 0 Å². The van der Waals surface area contributed by atoms with Gasteiger partial charge in [0, 0.05) is 6.92 Å². The number of carbonyl (C=O) groups is 1. The minimum Gasteiger partial charge on any atom is -0.401 e. The van der Waals surface area contributed by atoms with E-state index in [4.69, 9.17) is 0 Å². The molecule has 0 spiro atoms. The van der Waals surface area contributed by atoms with Gasteiger partial charge in [-0.3, -0.25) is 4.79 Å². The number of hydrogen-bond acceptors (Lipinski definition) is 2. The summed E-state index contributed by atoms with van der Waals surface area (Å²) in [5.74, 6) is -1.67. The summed E-state index contributed by atoms with van der Waals surface area (Å²) in [4.78, 5) is 10.3. The lowest BCUT2D eigenvalue weighted by Crippen LogP contribution is -2.31. The molecule has 0 bridgehead atoms. The molecule has 2 nitrogen and oxygen atoms in total. The van der Waals surface area contributed by atoms with E-state index in [0.717, 1.165) is 19.8 Å². The Kier molecular flexibility index (Phi) is 2.65. The maximum Gasteiger partial charge on any atom is 0.402 e.